The van der Waals surface area contributed by atoms with Gasteiger partial charge in [0.05, 0.1) is 13.2 Å². The van der Waals surface area contributed by atoms with Gasteiger partial charge in [-0.3, -0.25) is 14.6 Å². The molecule has 0 spiro atoms. The van der Waals surface area contributed by atoms with Crippen LogP contribution in [0.25, 0.3) is 0 Å². The lowest BCUT2D eigenvalue weighted by Gasteiger charge is -2.27. The molecule has 31 heavy (non-hydrogen) atoms. The number of hydrogen-bond donors (Lipinski definition) is 0. The monoisotopic (exact) mass is 437 g/mol. The third kappa shape index (κ3) is 21.4. The van der Waals surface area contributed by atoms with Crippen LogP contribution in [-0.4, -0.2) is 37.9 Å². The number of nitrogens with zero attached hydrogens (tertiary/aromatic N) is 1. The highest BCUT2D eigenvalue weighted by molar-refractivity contribution is 5.66. The van der Waals surface area contributed by atoms with E-state index in [4.69, 9.17) is 9.47 Å². The van der Waals surface area contributed by atoms with Crippen LogP contribution in [0.3, 0.4) is 0 Å². The fourth-order valence-electron chi connectivity index (χ4n) is 3.37. The molecule has 0 saturated carbocycles. The van der Waals surface area contributed by atoms with Crippen LogP contribution >= 0.6 is 0 Å². The Balaban J connectivity index is 3.87. The van der Waals surface area contributed by atoms with Crippen molar-refractivity contribution >= 4 is 18.2 Å². The van der Waals surface area contributed by atoms with Crippen molar-refractivity contribution in [3.63, 3.8) is 0 Å². The van der Waals surface area contributed by atoms with Gasteiger partial charge in [-0.15, -0.1) is 0 Å². The average Bonchev–Trinajstić information content (AvgIpc) is 2.65. The molecule has 0 aliphatic carbocycles. The smallest absolute Gasteiger partial charge is 0.302 e. The molecule has 0 saturated heterocycles. The van der Waals surface area contributed by atoms with Gasteiger partial charge in [0.25, 0.3) is 0 Å². The highest BCUT2D eigenvalue weighted by Gasteiger charge is 2.19. The number of rotatable bonds is 18. The van der Waals surface area contributed by atoms with Crippen molar-refractivity contribution in [3.8, 4) is 0 Å². The summed E-state index contributed by atoms with van der Waals surface area (Å²) in [6.07, 6.45) is 17.4. The van der Waals surface area contributed by atoms with Crippen molar-refractivity contribution < 1.29 is 19.1 Å². The van der Waals surface area contributed by atoms with Crippen LogP contribution in [0.1, 0.15) is 106 Å². The number of ether oxygens (including phenoxy) is 2. The predicted molar refractivity (Wildman–Crippen MR) is 129 cm³/mol. The predicted octanol–water partition coefficient (Wildman–Crippen LogP) is 6.69. The normalized spacial score (nSPS) is 12.6. The number of hydrogen-bond acceptors (Lipinski definition) is 5. The zero-order chi connectivity index (χ0) is 23.6. The Kier molecular flexibility index (Phi) is 16.1. The molecule has 0 aliphatic rings. The second kappa shape index (κ2) is 17.0. The van der Waals surface area contributed by atoms with Gasteiger partial charge in [-0.05, 0) is 74.8 Å². The summed E-state index contributed by atoms with van der Waals surface area (Å²) < 4.78 is 9.87. The zero-order valence-electron chi connectivity index (χ0n) is 21.0. The number of esters is 2. The minimum Gasteiger partial charge on any atom is -0.466 e. The highest BCUT2D eigenvalue weighted by Crippen LogP contribution is 2.32. The summed E-state index contributed by atoms with van der Waals surface area (Å²) >= 11 is 0. The van der Waals surface area contributed by atoms with Gasteiger partial charge in [0.1, 0.15) is 0 Å². The van der Waals surface area contributed by atoms with E-state index < -0.39 is 0 Å². The van der Waals surface area contributed by atoms with Crippen molar-refractivity contribution in [3.05, 3.63) is 12.2 Å². The lowest BCUT2D eigenvalue weighted by molar-refractivity contribution is -0.142. The highest BCUT2D eigenvalue weighted by atomic mass is 16.5. The molecule has 0 aromatic rings. The van der Waals surface area contributed by atoms with Gasteiger partial charge in [0.15, 0.2) is 0 Å². The van der Waals surface area contributed by atoms with E-state index in [0.717, 1.165) is 51.5 Å². The summed E-state index contributed by atoms with van der Waals surface area (Å²) in [5.74, 6) is -0.405. The van der Waals surface area contributed by atoms with Crippen LogP contribution in [0.4, 0.5) is 0 Å². The van der Waals surface area contributed by atoms with E-state index in [0.29, 0.717) is 18.6 Å². The minimum absolute atomic E-state index is 0.195. The summed E-state index contributed by atoms with van der Waals surface area (Å²) in [4.78, 5) is 25.9. The van der Waals surface area contributed by atoms with Gasteiger partial charge in [-0.1, -0.05) is 46.3 Å². The lowest BCUT2D eigenvalue weighted by atomic mass is 9.79. The van der Waals surface area contributed by atoms with E-state index in [1.54, 1.807) is 0 Å². The van der Waals surface area contributed by atoms with E-state index >= 15 is 0 Å². The van der Waals surface area contributed by atoms with Crippen molar-refractivity contribution in [2.24, 2.45) is 15.8 Å². The standard InChI is InChI=1S/C26H47NO4/c1-23(28)30-21-11-8-7-9-15-25(3,4)16-13-17-26(5,6)18-14-20-27-19-10-12-22-31-24(2)29/h9,15,20H,7-8,10-14,16-19,21-22H2,1-6H3/b15-9+,27-20?. The van der Waals surface area contributed by atoms with Gasteiger partial charge >= 0.3 is 11.9 Å². The average molecular weight is 438 g/mol. The molecule has 5 nitrogen and oxygen atoms in total. The summed E-state index contributed by atoms with van der Waals surface area (Å²) in [5.41, 5.74) is 0.553. The van der Waals surface area contributed by atoms with Crippen molar-refractivity contribution in [1.29, 1.82) is 0 Å². The Morgan fingerprint density at radius 1 is 0.774 bits per heavy atom. The third-order valence-corrected chi connectivity index (χ3v) is 5.38. The molecule has 0 fully saturated rings. The molecule has 0 bridgehead atoms. The van der Waals surface area contributed by atoms with Crippen LogP contribution in [-0.2, 0) is 19.1 Å². The van der Waals surface area contributed by atoms with Gasteiger partial charge < -0.3 is 9.47 Å². The van der Waals surface area contributed by atoms with Gasteiger partial charge in [-0.2, -0.15) is 0 Å². The first-order valence-corrected chi connectivity index (χ1v) is 12.0. The SMILES string of the molecule is CC(=O)OCCCC/C=C/C(C)(C)CCCC(C)(C)CCC=NCCCCOC(C)=O. The van der Waals surface area contributed by atoms with Crippen molar-refractivity contribution in [1.82, 2.24) is 0 Å². The van der Waals surface area contributed by atoms with Gasteiger partial charge in [0, 0.05) is 20.4 Å². The molecule has 0 N–H and O–H groups in total. The maximum absolute atomic E-state index is 10.7. The van der Waals surface area contributed by atoms with Crippen LogP contribution < -0.4 is 0 Å². The summed E-state index contributed by atoms with van der Waals surface area (Å²) in [5, 5.41) is 0. The molecular weight excluding hydrogens is 390 g/mol. The molecule has 0 heterocycles. The zero-order valence-corrected chi connectivity index (χ0v) is 21.0. The van der Waals surface area contributed by atoms with Gasteiger partial charge in [-0.25, -0.2) is 0 Å². The Labute approximate surface area is 191 Å². The molecule has 0 rings (SSSR count). The summed E-state index contributed by atoms with van der Waals surface area (Å²) in [6.45, 7) is 14.1. The lowest BCUT2D eigenvalue weighted by Crippen LogP contribution is -2.14. The van der Waals surface area contributed by atoms with Crippen molar-refractivity contribution in [2.75, 3.05) is 19.8 Å². The molecule has 0 aromatic carbocycles. The van der Waals surface area contributed by atoms with Crippen LogP contribution in [0.2, 0.25) is 0 Å². The first-order valence-electron chi connectivity index (χ1n) is 12.0. The molecule has 0 atom stereocenters. The first kappa shape index (κ1) is 29.4. The molecule has 0 unspecified atom stereocenters. The minimum atomic E-state index is -0.210. The fourth-order valence-corrected chi connectivity index (χ4v) is 3.37. The largest absolute Gasteiger partial charge is 0.466 e. The topological polar surface area (TPSA) is 65.0 Å². The van der Waals surface area contributed by atoms with Gasteiger partial charge in [0.2, 0.25) is 0 Å². The maximum Gasteiger partial charge on any atom is 0.302 e. The number of allylic oxidation sites excluding steroid dienone is 2. The molecular formula is C26H47NO4. The Hall–Kier alpha value is -1.65. The van der Waals surface area contributed by atoms with Crippen molar-refractivity contribution in [2.45, 2.75) is 106 Å². The quantitative estimate of drug-likeness (QED) is 0.104. The summed E-state index contributed by atoms with van der Waals surface area (Å²) in [7, 11) is 0. The molecule has 0 radical (unpaired) electrons. The Morgan fingerprint density at radius 2 is 1.39 bits per heavy atom. The first-order chi connectivity index (χ1) is 14.5. The number of carbonyl (C=O) groups excluding carboxylic acids is 2. The van der Waals surface area contributed by atoms with E-state index in [1.165, 1.54) is 33.1 Å². The maximum atomic E-state index is 10.7. The molecule has 0 aliphatic heterocycles. The summed E-state index contributed by atoms with van der Waals surface area (Å²) in [6, 6.07) is 0. The number of aliphatic imine (C=N–C) groups is 1. The second-order valence-corrected chi connectivity index (χ2v) is 9.92. The van der Waals surface area contributed by atoms with Crippen LogP contribution in [0.15, 0.2) is 17.1 Å². The van der Waals surface area contributed by atoms with E-state index in [9.17, 15) is 9.59 Å². The van der Waals surface area contributed by atoms with E-state index in [-0.39, 0.29) is 17.4 Å². The van der Waals surface area contributed by atoms with Crippen LogP contribution in [0, 0.1) is 10.8 Å². The number of carbonyl (C=O) groups is 2. The second-order valence-electron chi connectivity index (χ2n) is 9.92. The number of unbranched alkanes of at least 4 members (excludes halogenated alkanes) is 3. The molecule has 180 valence electrons. The third-order valence-electron chi connectivity index (χ3n) is 5.38. The molecule has 0 amide bonds. The van der Waals surface area contributed by atoms with Crippen LogP contribution in [0.5, 0.6) is 0 Å². The van der Waals surface area contributed by atoms with E-state index in [1.807, 2.05) is 0 Å². The molecule has 0 aromatic heterocycles. The van der Waals surface area contributed by atoms with E-state index in [2.05, 4.69) is 51.1 Å². The Morgan fingerprint density at radius 3 is 2.00 bits per heavy atom. The Bertz CT molecular complexity index is 550. The molecule has 5 heteroatoms. The fraction of sp³-hybridized carbons (Fsp3) is 0.808.